The average Bonchev–Trinajstić information content (AvgIpc) is 3.22. The summed E-state index contributed by atoms with van der Waals surface area (Å²) >= 11 is 0. The van der Waals surface area contributed by atoms with Gasteiger partial charge in [0, 0.05) is 36.9 Å². The van der Waals surface area contributed by atoms with Crippen LogP contribution in [0.2, 0.25) is 0 Å². The Hall–Kier alpha value is -3.98. The van der Waals surface area contributed by atoms with Crippen molar-refractivity contribution in [2.75, 3.05) is 20.3 Å². The highest BCUT2D eigenvalue weighted by Gasteiger charge is 2.12. The second kappa shape index (κ2) is 9.03. The van der Waals surface area contributed by atoms with E-state index in [1.807, 2.05) is 36.4 Å². The first-order valence-corrected chi connectivity index (χ1v) is 10.2. The van der Waals surface area contributed by atoms with Gasteiger partial charge in [-0.05, 0) is 29.8 Å². The second-order valence-electron chi connectivity index (χ2n) is 7.27. The molecule has 1 aromatic carbocycles. The third-order valence-electron chi connectivity index (χ3n) is 5.02. The van der Waals surface area contributed by atoms with Crippen molar-refractivity contribution < 1.29 is 9.47 Å². The molecule has 0 radical (unpaired) electrons. The van der Waals surface area contributed by atoms with E-state index in [0.717, 1.165) is 27.7 Å². The van der Waals surface area contributed by atoms with Crippen molar-refractivity contribution in [1.82, 2.24) is 34.9 Å². The number of nitrogens with zero attached hydrogens (tertiary/aromatic N) is 7. The number of aromatic nitrogens is 7. The highest BCUT2D eigenvalue weighted by molar-refractivity contribution is 5.79. The molecule has 9 heteroatoms. The third kappa shape index (κ3) is 4.23. The Morgan fingerprint density at radius 3 is 2.81 bits per heavy atom. The molecular weight excluding hydrogens is 406 g/mol. The number of fused-ring (bicyclic) bond motifs is 2. The first-order valence-electron chi connectivity index (χ1n) is 10.2. The fourth-order valence-electron chi connectivity index (χ4n) is 3.48. The van der Waals surface area contributed by atoms with Crippen LogP contribution >= 0.6 is 0 Å². The van der Waals surface area contributed by atoms with Crippen LogP contribution in [-0.4, -0.2) is 55.3 Å². The van der Waals surface area contributed by atoms with E-state index in [1.165, 1.54) is 0 Å². The van der Waals surface area contributed by atoms with Crippen molar-refractivity contribution in [3.05, 3.63) is 77.9 Å². The van der Waals surface area contributed by atoms with Gasteiger partial charge in [-0.1, -0.05) is 23.4 Å². The molecule has 9 nitrogen and oxygen atoms in total. The van der Waals surface area contributed by atoms with Crippen molar-refractivity contribution in [2.24, 2.45) is 0 Å². The minimum atomic E-state index is 0.434. The summed E-state index contributed by atoms with van der Waals surface area (Å²) in [4.78, 5) is 17.9. The largest absolute Gasteiger partial charge is 0.475 e. The lowest BCUT2D eigenvalue weighted by Crippen LogP contribution is -2.08. The summed E-state index contributed by atoms with van der Waals surface area (Å²) < 4.78 is 12.6. The molecule has 0 amide bonds. The average molecular weight is 427 g/mol. The summed E-state index contributed by atoms with van der Waals surface area (Å²) in [7, 11) is 1.64. The molecule has 0 saturated heterocycles. The monoisotopic (exact) mass is 427 g/mol. The molecule has 5 aromatic rings. The molecule has 0 spiro atoms. The first-order chi connectivity index (χ1) is 15.8. The predicted molar refractivity (Wildman–Crippen MR) is 118 cm³/mol. The van der Waals surface area contributed by atoms with Crippen LogP contribution in [0.3, 0.4) is 0 Å². The Balaban J connectivity index is 1.40. The van der Waals surface area contributed by atoms with E-state index in [1.54, 1.807) is 30.4 Å². The van der Waals surface area contributed by atoms with Crippen molar-refractivity contribution in [2.45, 2.75) is 13.0 Å². The Morgan fingerprint density at radius 1 is 0.969 bits per heavy atom. The molecule has 160 valence electrons. The molecule has 0 N–H and O–H groups in total. The van der Waals surface area contributed by atoms with E-state index < -0.39 is 0 Å². The number of methoxy groups -OCH3 is 1. The van der Waals surface area contributed by atoms with Crippen molar-refractivity contribution in [3.63, 3.8) is 0 Å². The van der Waals surface area contributed by atoms with E-state index in [9.17, 15) is 0 Å². The van der Waals surface area contributed by atoms with Crippen LogP contribution < -0.4 is 4.74 Å². The molecule has 32 heavy (non-hydrogen) atoms. The summed E-state index contributed by atoms with van der Waals surface area (Å²) in [6, 6.07) is 14.0. The van der Waals surface area contributed by atoms with Crippen LogP contribution in [0.15, 0.2) is 61.1 Å². The van der Waals surface area contributed by atoms with Gasteiger partial charge in [0.1, 0.15) is 6.61 Å². The molecule has 0 atom stereocenters. The van der Waals surface area contributed by atoms with Crippen LogP contribution in [0.5, 0.6) is 5.88 Å². The van der Waals surface area contributed by atoms with Crippen molar-refractivity contribution in [1.29, 1.82) is 0 Å². The van der Waals surface area contributed by atoms with Gasteiger partial charge in [0.2, 0.25) is 11.5 Å². The zero-order valence-corrected chi connectivity index (χ0v) is 17.5. The fraction of sp³-hybridized carbons (Fsp3) is 0.217. The SMILES string of the molecule is COCCOc1ncccc1Cc1cnc2nnn(Cc3ccc4ncccc4c3)c2n1. The Bertz CT molecular complexity index is 1370. The minimum absolute atomic E-state index is 0.434. The predicted octanol–water partition coefficient (Wildman–Crippen LogP) is 2.83. The van der Waals surface area contributed by atoms with Gasteiger partial charge in [0.15, 0.2) is 5.65 Å². The molecule has 0 aliphatic rings. The van der Waals surface area contributed by atoms with Gasteiger partial charge >= 0.3 is 0 Å². The Labute approximate surface area is 184 Å². The smallest absolute Gasteiger partial charge is 0.221 e. The van der Waals surface area contributed by atoms with E-state index in [-0.39, 0.29) is 0 Å². The van der Waals surface area contributed by atoms with Crippen LogP contribution in [0.4, 0.5) is 0 Å². The van der Waals surface area contributed by atoms with E-state index >= 15 is 0 Å². The van der Waals surface area contributed by atoms with E-state index in [2.05, 4.69) is 31.3 Å². The topological polar surface area (TPSA) is 101 Å². The molecule has 5 rings (SSSR count). The maximum Gasteiger partial charge on any atom is 0.221 e. The van der Waals surface area contributed by atoms with Gasteiger partial charge in [-0.15, -0.1) is 5.10 Å². The zero-order valence-electron chi connectivity index (χ0n) is 17.5. The van der Waals surface area contributed by atoms with Crippen LogP contribution in [0, 0.1) is 0 Å². The molecular formula is C23H21N7O2. The Morgan fingerprint density at radius 2 is 1.88 bits per heavy atom. The third-order valence-corrected chi connectivity index (χ3v) is 5.02. The number of benzene rings is 1. The maximum absolute atomic E-state index is 5.74. The summed E-state index contributed by atoms with van der Waals surface area (Å²) in [6.07, 6.45) is 5.75. The summed E-state index contributed by atoms with van der Waals surface area (Å²) in [5, 5.41) is 9.51. The standard InChI is InChI=1S/C23H21N7O2/c1-31-10-11-32-23-18(5-3-9-25-23)13-19-14-26-21-22(27-19)30(29-28-21)15-16-6-7-20-17(12-16)4-2-8-24-20/h2-9,12,14H,10-11,13,15H2,1H3. The van der Waals surface area contributed by atoms with E-state index in [4.69, 9.17) is 14.5 Å². The zero-order chi connectivity index (χ0) is 21.8. The van der Waals surface area contributed by atoms with Crippen LogP contribution in [-0.2, 0) is 17.7 Å². The lowest BCUT2D eigenvalue weighted by atomic mass is 10.1. The molecule has 0 saturated carbocycles. The quantitative estimate of drug-likeness (QED) is 0.349. The van der Waals surface area contributed by atoms with Gasteiger partial charge in [-0.25, -0.2) is 19.6 Å². The van der Waals surface area contributed by atoms with Gasteiger partial charge in [-0.2, -0.15) is 0 Å². The summed E-state index contributed by atoms with van der Waals surface area (Å²) in [5.41, 5.74) is 4.91. The molecule has 0 fully saturated rings. The fourth-order valence-corrected chi connectivity index (χ4v) is 3.48. The highest BCUT2D eigenvalue weighted by atomic mass is 16.5. The normalized spacial score (nSPS) is 11.3. The van der Waals surface area contributed by atoms with Gasteiger partial charge < -0.3 is 9.47 Å². The number of pyridine rings is 2. The maximum atomic E-state index is 5.74. The first kappa shape index (κ1) is 20.0. The van der Waals surface area contributed by atoms with Gasteiger partial charge in [0.05, 0.1) is 30.6 Å². The highest BCUT2D eigenvalue weighted by Crippen LogP contribution is 2.19. The van der Waals surface area contributed by atoms with Crippen molar-refractivity contribution >= 4 is 22.2 Å². The van der Waals surface area contributed by atoms with Gasteiger partial charge in [-0.3, -0.25) is 4.98 Å². The molecule has 4 heterocycles. The molecule has 0 aliphatic heterocycles. The number of hydrogen-bond donors (Lipinski definition) is 0. The molecule has 0 unspecified atom stereocenters. The molecule has 0 bridgehead atoms. The lowest BCUT2D eigenvalue weighted by molar-refractivity contribution is 0.143. The summed E-state index contributed by atoms with van der Waals surface area (Å²) in [6.45, 7) is 1.47. The van der Waals surface area contributed by atoms with Crippen LogP contribution in [0.25, 0.3) is 22.2 Å². The number of hydrogen-bond acceptors (Lipinski definition) is 8. The molecule has 4 aromatic heterocycles. The lowest BCUT2D eigenvalue weighted by Gasteiger charge is -2.09. The van der Waals surface area contributed by atoms with E-state index in [0.29, 0.717) is 43.4 Å². The minimum Gasteiger partial charge on any atom is -0.475 e. The molecule has 0 aliphatic carbocycles. The Kier molecular flexibility index (Phi) is 5.63. The second-order valence-corrected chi connectivity index (χ2v) is 7.27. The van der Waals surface area contributed by atoms with Gasteiger partial charge in [0.25, 0.3) is 0 Å². The van der Waals surface area contributed by atoms with Crippen molar-refractivity contribution in [3.8, 4) is 5.88 Å². The number of rotatable bonds is 8. The summed E-state index contributed by atoms with van der Waals surface area (Å²) in [5.74, 6) is 0.572. The number of ether oxygens (including phenoxy) is 2. The van der Waals surface area contributed by atoms with Crippen LogP contribution in [0.1, 0.15) is 16.8 Å².